The lowest BCUT2D eigenvalue weighted by Gasteiger charge is -2.24. The maximum atomic E-state index is 4.37. The molecule has 5 radical (unpaired) electrons. The fourth-order valence-electron chi connectivity index (χ4n) is 2.94. The van der Waals surface area contributed by atoms with Crippen LogP contribution in [0.1, 0.15) is 18.5 Å². The lowest BCUT2D eigenvalue weighted by atomic mass is 9.99. The van der Waals surface area contributed by atoms with Crippen LogP contribution in [-0.2, 0) is 0 Å². The van der Waals surface area contributed by atoms with E-state index >= 15 is 0 Å². The molecule has 1 aliphatic rings. The minimum atomic E-state index is 0.128. The Kier molecular flexibility index (Phi) is 5.11. The van der Waals surface area contributed by atoms with Gasteiger partial charge in [0, 0.05) is 21.6 Å². The Morgan fingerprint density at radius 1 is 0.962 bits per heavy atom. The first-order valence-electron chi connectivity index (χ1n) is 8.68. The van der Waals surface area contributed by atoms with Gasteiger partial charge in [-0.2, -0.15) is 0 Å². The molecule has 26 heavy (non-hydrogen) atoms. The normalized spacial score (nSPS) is 16.8. The molecule has 4 rings (SSSR count). The van der Waals surface area contributed by atoms with Crippen LogP contribution in [0.2, 0.25) is 0 Å². The lowest BCUT2D eigenvalue weighted by Crippen LogP contribution is -2.17. The van der Waals surface area contributed by atoms with Crippen molar-refractivity contribution in [3.8, 4) is 11.3 Å². The zero-order valence-electron chi connectivity index (χ0n) is 14.8. The van der Waals surface area contributed by atoms with E-state index in [2.05, 4.69) is 79.8 Å². The summed E-state index contributed by atoms with van der Waals surface area (Å²) >= 11 is 1.79. The number of aryl methyl sites for hydroxylation is 1. The Hall–Kier alpha value is -2.07. The van der Waals surface area contributed by atoms with Crippen molar-refractivity contribution in [2.75, 3.05) is 0 Å². The number of benzene rings is 2. The highest BCUT2D eigenvalue weighted by molar-refractivity contribution is 8.02. The van der Waals surface area contributed by atoms with Crippen LogP contribution in [0.4, 0.5) is 0 Å². The van der Waals surface area contributed by atoms with Crippen LogP contribution >= 0.6 is 11.8 Å². The first-order chi connectivity index (χ1) is 12.7. The molecular formula is C22H20N3S. The van der Waals surface area contributed by atoms with E-state index in [9.17, 15) is 0 Å². The average molecular weight is 358 g/mol. The SMILES string of the molecule is Cc1ccc(S[C]2[CH][CH][CH][C]2[C@H](C)n2cc(-c3ccccc3)nn2)cc1. The molecule has 4 heteroatoms. The maximum Gasteiger partial charge on any atom is 0.113 e. The number of hydrogen-bond donors (Lipinski definition) is 0. The summed E-state index contributed by atoms with van der Waals surface area (Å²) in [4.78, 5) is 1.25. The van der Waals surface area contributed by atoms with Gasteiger partial charge in [0.15, 0.2) is 0 Å². The molecule has 1 atom stereocenters. The molecule has 1 saturated carbocycles. The summed E-state index contributed by atoms with van der Waals surface area (Å²) in [6, 6.07) is 18.9. The summed E-state index contributed by atoms with van der Waals surface area (Å²) < 4.78 is 1.94. The number of rotatable bonds is 5. The number of nitrogens with zero attached hydrogens (tertiary/aromatic N) is 3. The molecule has 0 amide bonds. The van der Waals surface area contributed by atoms with Gasteiger partial charge in [-0.1, -0.05) is 53.2 Å². The van der Waals surface area contributed by atoms with Gasteiger partial charge in [0.2, 0.25) is 0 Å². The van der Waals surface area contributed by atoms with E-state index in [1.807, 2.05) is 29.1 Å². The molecule has 129 valence electrons. The molecule has 0 aliphatic heterocycles. The molecule has 3 nitrogen and oxygen atoms in total. The van der Waals surface area contributed by atoms with E-state index in [4.69, 9.17) is 0 Å². The Morgan fingerprint density at radius 2 is 1.73 bits per heavy atom. The summed E-state index contributed by atoms with van der Waals surface area (Å²) in [5.41, 5.74) is 3.26. The monoisotopic (exact) mass is 358 g/mol. The zero-order valence-corrected chi connectivity index (χ0v) is 15.6. The fourth-order valence-corrected chi connectivity index (χ4v) is 3.97. The van der Waals surface area contributed by atoms with Gasteiger partial charge in [-0.15, -0.1) is 16.9 Å². The summed E-state index contributed by atoms with van der Waals surface area (Å²) in [6.45, 7) is 4.28. The third-order valence-electron chi connectivity index (χ3n) is 4.48. The second kappa shape index (κ2) is 7.67. The molecule has 2 aromatic carbocycles. The van der Waals surface area contributed by atoms with Crippen LogP contribution in [0, 0.1) is 37.4 Å². The summed E-state index contributed by atoms with van der Waals surface area (Å²) in [7, 11) is 0. The zero-order chi connectivity index (χ0) is 17.9. The van der Waals surface area contributed by atoms with Crippen LogP contribution in [-0.4, -0.2) is 15.0 Å². The second-order valence-electron chi connectivity index (χ2n) is 6.39. The van der Waals surface area contributed by atoms with Crippen molar-refractivity contribution in [3.63, 3.8) is 0 Å². The average Bonchev–Trinajstić information content (AvgIpc) is 3.34. The van der Waals surface area contributed by atoms with E-state index in [-0.39, 0.29) is 6.04 Å². The van der Waals surface area contributed by atoms with Gasteiger partial charge in [0.25, 0.3) is 0 Å². The van der Waals surface area contributed by atoms with Crippen molar-refractivity contribution in [2.24, 2.45) is 0 Å². The van der Waals surface area contributed by atoms with Crippen molar-refractivity contribution in [1.29, 1.82) is 0 Å². The van der Waals surface area contributed by atoms with Crippen molar-refractivity contribution in [2.45, 2.75) is 24.8 Å². The van der Waals surface area contributed by atoms with Crippen LogP contribution in [0.5, 0.6) is 0 Å². The van der Waals surface area contributed by atoms with Crippen molar-refractivity contribution in [1.82, 2.24) is 15.0 Å². The second-order valence-corrected chi connectivity index (χ2v) is 7.50. The van der Waals surface area contributed by atoms with Crippen LogP contribution in [0.3, 0.4) is 0 Å². The molecule has 1 aromatic heterocycles. The first-order valence-corrected chi connectivity index (χ1v) is 9.50. The molecule has 0 saturated heterocycles. The van der Waals surface area contributed by atoms with Gasteiger partial charge in [-0.25, -0.2) is 4.68 Å². The third-order valence-corrected chi connectivity index (χ3v) is 5.58. The van der Waals surface area contributed by atoms with Crippen molar-refractivity contribution < 1.29 is 0 Å². The van der Waals surface area contributed by atoms with Crippen LogP contribution in [0.25, 0.3) is 11.3 Å². The standard InChI is InChI=1S/C22H20N3S/c1-16-11-13-19(14-12-16)26-22-10-6-9-20(22)17(2)25-15-21(23-24-25)18-7-4-3-5-8-18/h3-15,17H,1-2H3/t17-/m0/s1. The summed E-state index contributed by atoms with van der Waals surface area (Å²) in [5.74, 6) is 1.26. The Morgan fingerprint density at radius 3 is 2.50 bits per heavy atom. The highest BCUT2D eigenvalue weighted by Gasteiger charge is 2.35. The van der Waals surface area contributed by atoms with E-state index in [0.717, 1.165) is 11.3 Å². The van der Waals surface area contributed by atoms with Crippen molar-refractivity contribution >= 4 is 11.8 Å². The van der Waals surface area contributed by atoms with E-state index in [1.165, 1.54) is 21.6 Å². The van der Waals surface area contributed by atoms with E-state index in [1.54, 1.807) is 11.8 Å². The predicted molar refractivity (Wildman–Crippen MR) is 107 cm³/mol. The summed E-state index contributed by atoms with van der Waals surface area (Å²) in [6.07, 6.45) is 8.47. The van der Waals surface area contributed by atoms with E-state index in [0.29, 0.717) is 0 Å². The van der Waals surface area contributed by atoms with Gasteiger partial charge in [0.1, 0.15) is 5.69 Å². The minimum absolute atomic E-state index is 0.128. The fraction of sp³-hybridized carbons (Fsp3) is 0.136. The molecule has 0 bridgehead atoms. The highest BCUT2D eigenvalue weighted by Crippen LogP contribution is 2.49. The lowest BCUT2D eigenvalue weighted by molar-refractivity contribution is 0.506. The van der Waals surface area contributed by atoms with Crippen LogP contribution < -0.4 is 0 Å². The Labute approximate surface area is 159 Å². The Balaban J connectivity index is 1.49. The molecule has 1 heterocycles. The van der Waals surface area contributed by atoms with E-state index < -0.39 is 0 Å². The number of hydrogen-bond acceptors (Lipinski definition) is 3. The van der Waals surface area contributed by atoms with Gasteiger partial charge in [-0.3, -0.25) is 0 Å². The van der Waals surface area contributed by atoms with Crippen molar-refractivity contribution in [3.05, 3.63) is 96.8 Å². The van der Waals surface area contributed by atoms with Gasteiger partial charge in [-0.05, 0) is 45.2 Å². The molecule has 3 aromatic rings. The highest BCUT2D eigenvalue weighted by atomic mass is 32.2. The minimum Gasteiger partial charge on any atom is -0.248 e. The molecule has 0 N–H and O–H groups in total. The number of aromatic nitrogens is 3. The first kappa shape index (κ1) is 17.3. The van der Waals surface area contributed by atoms with Gasteiger partial charge < -0.3 is 0 Å². The quantitative estimate of drug-likeness (QED) is 0.617. The van der Waals surface area contributed by atoms with Crippen LogP contribution in [0.15, 0.2) is 65.7 Å². The molecule has 0 spiro atoms. The molecular weight excluding hydrogens is 338 g/mol. The molecule has 1 fully saturated rings. The van der Waals surface area contributed by atoms with Gasteiger partial charge >= 0.3 is 0 Å². The maximum absolute atomic E-state index is 4.37. The summed E-state index contributed by atoms with van der Waals surface area (Å²) in [5, 5.41) is 9.97. The predicted octanol–water partition coefficient (Wildman–Crippen LogP) is 5.34. The Bertz CT molecular complexity index is 841. The number of thioether (sulfide) groups is 1. The third kappa shape index (κ3) is 3.70. The molecule has 1 aliphatic carbocycles. The largest absolute Gasteiger partial charge is 0.248 e. The molecule has 0 unspecified atom stereocenters. The topological polar surface area (TPSA) is 30.7 Å². The smallest absolute Gasteiger partial charge is 0.113 e. The van der Waals surface area contributed by atoms with Gasteiger partial charge in [0.05, 0.1) is 12.2 Å².